The largest absolute Gasteiger partial charge is 0.481 e. The normalized spacial score (nSPS) is 12.9. The summed E-state index contributed by atoms with van der Waals surface area (Å²) in [7, 11) is 0. The van der Waals surface area contributed by atoms with Gasteiger partial charge >= 0.3 is 11.9 Å². The summed E-state index contributed by atoms with van der Waals surface area (Å²) in [6.07, 6.45) is 35.1. The van der Waals surface area contributed by atoms with Gasteiger partial charge in [0.15, 0.2) is 0 Å². The third kappa shape index (κ3) is 35.0. The molecule has 0 fully saturated rings. The van der Waals surface area contributed by atoms with E-state index in [-0.39, 0.29) is 18.2 Å². The zero-order valence-corrected chi connectivity index (χ0v) is 27.5. The zero-order chi connectivity index (χ0) is 30.2. The van der Waals surface area contributed by atoms with Gasteiger partial charge in [-0.2, -0.15) is 0 Å². The predicted molar refractivity (Wildman–Crippen MR) is 173 cm³/mol. The van der Waals surface area contributed by atoms with Gasteiger partial charge in [-0.25, -0.2) is 0 Å². The molecule has 2 atom stereocenters. The molecule has 0 aromatic carbocycles. The average molecular weight is 583 g/mol. The van der Waals surface area contributed by atoms with Crippen LogP contribution in [0.3, 0.4) is 0 Å². The number of unbranched alkanes of at least 4 members (excludes halogenated alkanes) is 24. The van der Waals surface area contributed by atoms with Crippen molar-refractivity contribution in [2.24, 2.45) is 0 Å². The van der Waals surface area contributed by atoms with Gasteiger partial charge in [-0.05, 0) is 46.0 Å². The van der Waals surface area contributed by atoms with Crippen molar-refractivity contribution >= 4 is 11.9 Å². The molecule has 0 aromatic heterocycles. The first-order valence-corrected chi connectivity index (χ1v) is 18.0. The number of hydrogen-bond acceptors (Lipinski definition) is 4. The second-order valence-electron chi connectivity index (χ2n) is 12.8. The second-order valence-corrected chi connectivity index (χ2v) is 12.8. The Labute approximate surface area is 255 Å². The lowest BCUT2D eigenvalue weighted by Crippen LogP contribution is -2.14. The van der Waals surface area contributed by atoms with Crippen LogP contribution in [0.5, 0.6) is 0 Å². The zero-order valence-electron chi connectivity index (χ0n) is 27.5. The van der Waals surface area contributed by atoms with E-state index in [4.69, 9.17) is 9.84 Å². The smallest absolute Gasteiger partial charge is 0.306 e. The lowest BCUT2D eigenvalue weighted by molar-refractivity contribution is -0.148. The SMILES string of the molecule is CC(O)CCCCCCCCCCCCCCCC(=O)OC(C)CCCCCCCCCCCCCCCC(=O)O. The van der Waals surface area contributed by atoms with Crippen molar-refractivity contribution in [3.05, 3.63) is 0 Å². The number of carbonyl (C=O) groups is 2. The molecule has 0 saturated heterocycles. The highest BCUT2D eigenvalue weighted by Gasteiger charge is 2.09. The van der Waals surface area contributed by atoms with Gasteiger partial charge in [0.05, 0.1) is 12.2 Å². The summed E-state index contributed by atoms with van der Waals surface area (Å²) in [6.45, 7) is 3.92. The van der Waals surface area contributed by atoms with Gasteiger partial charge in [-0.3, -0.25) is 9.59 Å². The van der Waals surface area contributed by atoms with Crippen LogP contribution in [0, 0.1) is 0 Å². The first kappa shape index (κ1) is 39.9. The van der Waals surface area contributed by atoms with E-state index in [9.17, 15) is 14.7 Å². The molecular weight excluding hydrogens is 512 g/mol. The van der Waals surface area contributed by atoms with Gasteiger partial charge in [0, 0.05) is 12.8 Å². The van der Waals surface area contributed by atoms with Gasteiger partial charge in [0.25, 0.3) is 0 Å². The standard InChI is InChI=1S/C36H70O5/c1-33(37)29-25-21-17-13-9-5-3-8-12-16-20-24-28-32-36(40)41-34(2)30-26-22-18-14-10-6-4-7-11-15-19-23-27-31-35(38)39/h33-34,37H,3-32H2,1-2H3,(H,38,39). The van der Waals surface area contributed by atoms with Gasteiger partial charge in [0.2, 0.25) is 0 Å². The molecule has 0 aliphatic carbocycles. The molecule has 0 heterocycles. The highest BCUT2D eigenvalue weighted by molar-refractivity contribution is 5.69. The molecule has 244 valence electrons. The van der Waals surface area contributed by atoms with E-state index in [1.165, 1.54) is 135 Å². The summed E-state index contributed by atoms with van der Waals surface area (Å²) >= 11 is 0. The van der Waals surface area contributed by atoms with Crippen LogP contribution in [-0.2, 0) is 14.3 Å². The lowest BCUT2D eigenvalue weighted by atomic mass is 10.0. The highest BCUT2D eigenvalue weighted by Crippen LogP contribution is 2.16. The van der Waals surface area contributed by atoms with Crippen molar-refractivity contribution in [3.8, 4) is 0 Å². The Bertz CT molecular complexity index is 562. The van der Waals surface area contributed by atoms with Crippen LogP contribution < -0.4 is 0 Å². The van der Waals surface area contributed by atoms with Crippen molar-refractivity contribution in [3.63, 3.8) is 0 Å². The quantitative estimate of drug-likeness (QED) is 0.0594. The molecule has 0 aliphatic rings. The Kier molecular flexibility index (Phi) is 31.0. The Morgan fingerprint density at radius 1 is 0.463 bits per heavy atom. The Hall–Kier alpha value is -1.10. The predicted octanol–water partition coefficient (Wildman–Crippen LogP) is 11.1. The minimum atomic E-state index is -0.671. The highest BCUT2D eigenvalue weighted by atomic mass is 16.5. The van der Waals surface area contributed by atoms with E-state index in [0.717, 1.165) is 44.9 Å². The summed E-state index contributed by atoms with van der Waals surface area (Å²) in [6, 6.07) is 0. The maximum absolute atomic E-state index is 12.1. The Morgan fingerprint density at radius 3 is 1.10 bits per heavy atom. The number of carboxylic acids is 1. The topological polar surface area (TPSA) is 83.8 Å². The van der Waals surface area contributed by atoms with E-state index in [1.807, 2.05) is 13.8 Å². The van der Waals surface area contributed by atoms with E-state index in [2.05, 4.69) is 0 Å². The molecule has 0 amide bonds. The Morgan fingerprint density at radius 2 is 0.756 bits per heavy atom. The lowest BCUT2D eigenvalue weighted by Gasteiger charge is -2.13. The van der Waals surface area contributed by atoms with Crippen LogP contribution in [0.2, 0.25) is 0 Å². The number of carboxylic acid groups (broad SMARTS) is 1. The fourth-order valence-electron chi connectivity index (χ4n) is 5.65. The molecule has 5 nitrogen and oxygen atoms in total. The molecule has 0 bridgehead atoms. The maximum atomic E-state index is 12.1. The van der Waals surface area contributed by atoms with Crippen molar-refractivity contribution in [1.82, 2.24) is 0 Å². The van der Waals surface area contributed by atoms with Crippen LogP contribution in [0.1, 0.15) is 206 Å². The number of esters is 1. The molecule has 0 aliphatic heterocycles. The van der Waals surface area contributed by atoms with Crippen molar-refractivity contribution in [2.75, 3.05) is 0 Å². The van der Waals surface area contributed by atoms with Gasteiger partial charge in [0.1, 0.15) is 0 Å². The number of aliphatic carboxylic acids is 1. The number of aliphatic hydroxyl groups is 1. The summed E-state index contributed by atoms with van der Waals surface area (Å²) in [4.78, 5) is 22.6. The monoisotopic (exact) mass is 583 g/mol. The Balaban J connectivity index is 3.28. The van der Waals surface area contributed by atoms with E-state index < -0.39 is 5.97 Å². The van der Waals surface area contributed by atoms with Crippen LogP contribution >= 0.6 is 0 Å². The van der Waals surface area contributed by atoms with E-state index in [0.29, 0.717) is 12.8 Å². The molecule has 2 unspecified atom stereocenters. The molecule has 0 spiro atoms. The second kappa shape index (κ2) is 31.8. The van der Waals surface area contributed by atoms with E-state index >= 15 is 0 Å². The van der Waals surface area contributed by atoms with Gasteiger partial charge in [-0.1, -0.05) is 148 Å². The number of hydrogen-bond donors (Lipinski definition) is 2. The molecule has 0 aromatic rings. The van der Waals surface area contributed by atoms with Gasteiger partial charge < -0.3 is 14.9 Å². The first-order valence-electron chi connectivity index (χ1n) is 18.0. The molecule has 0 saturated carbocycles. The average Bonchev–Trinajstić information content (AvgIpc) is 2.92. The molecular formula is C36H70O5. The summed E-state index contributed by atoms with van der Waals surface area (Å²) < 4.78 is 5.62. The van der Waals surface area contributed by atoms with Crippen LogP contribution in [0.4, 0.5) is 0 Å². The fourth-order valence-corrected chi connectivity index (χ4v) is 5.65. The summed E-state index contributed by atoms with van der Waals surface area (Å²) in [5.74, 6) is -0.682. The number of carbonyl (C=O) groups excluding carboxylic acids is 1. The first-order chi connectivity index (χ1) is 19.9. The summed E-state index contributed by atoms with van der Waals surface area (Å²) in [5, 5.41) is 17.9. The van der Waals surface area contributed by atoms with E-state index in [1.54, 1.807) is 0 Å². The number of rotatable bonds is 33. The van der Waals surface area contributed by atoms with Gasteiger partial charge in [-0.15, -0.1) is 0 Å². The molecule has 2 N–H and O–H groups in total. The minimum absolute atomic E-state index is 0.0105. The molecule has 0 radical (unpaired) electrons. The van der Waals surface area contributed by atoms with Crippen LogP contribution in [0.15, 0.2) is 0 Å². The number of ether oxygens (including phenoxy) is 1. The fraction of sp³-hybridized carbons (Fsp3) is 0.944. The number of aliphatic hydroxyl groups excluding tert-OH is 1. The van der Waals surface area contributed by atoms with Crippen molar-refractivity contribution in [2.45, 2.75) is 219 Å². The van der Waals surface area contributed by atoms with Crippen molar-refractivity contribution < 1.29 is 24.5 Å². The third-order valence-corrected chi connectivity index (χ3v) is 8.34. The molecule has 41 heavy (non-hydrogen) atoms. The molecule has 0 rings (SSSR count). The maximum Gasteiger partial charge on any atom is 0.306 e. The van der Waals surface area contributed by atoms with Crippen LogP contribution in [0.25, 0.3) is 0 Å². The van der Waals surface area contributed by atoms with Crippen molar-refractivity contribution in [1.29, 1.82) is 0 Å². The minimum Gasteiger partial charge on any atom is -0.481 e. The van der Waals surface area contributed by atoms with Crippen LogP contribution in [-0.4, -0.2) is 34.4 Å². The molecule has 5 heteroatoms. The summed E-state index contributed by atoms with van der Waals surface area (Å²) in [5.41, 5.74) is 0. The third-order valence-electron chi connectivity index (χ3n) is 8.34.